The first-order valence-electron chi connectivity index (χ1n) is 12.2. The van der Waals surface area contributed by atoms with Crippen LogP contribution in [0.3, 0.4) is 0 Å². The highest BCUT2D eigenvalue weighted by Gasteiger charge is 2.53. The Morgan fingerprint density at radius 2 is 1.69 bits per heavy atom. The molecule has 182 valence electrons. The molecular formula is C29H32N2O4. The molecule has 1 saturated heterocycles. The Hall–Kier alpha value is -3.35. The van der Waals surface area contributed by atoms with Crippen molar-refractivity contribution in [1.82, 2.24) is 10.2 Å². The van der Waals surface area contributed by atoms with E-state index >= 15 is 0 Å². The molecule has 0 saturated carbocycles. The van der Waals surface area contributed by atoms with Gasteiger partial charge in [-0.1, -0.05) is 60.7 Å². The molecule has 3 aromatic rings. The number of phenolic OH excluding ortho intramolecular Hbond substituents is 1. The van der Waals surface area contributed by atoms with Crippen LogP contribution >= 0.6 is 0 Å². The van der Waals surface area contributed by atoms with Crippen LogP contribution in [0.5, 0.6) is 11.5 Å². The Kier molecular flexibility index (Phi) is 6.75. The van der Waals surface area contributed by atoms with Crippen molar-refractivity contribution in [1.29, 1.82) is 0 Å². The maximum atomic E-state index is 12.9. The molecule has 3 aromatic carbocycles. The Labute approximate surface area is 206 Å². The van der Waals surface area contributed by atoms with Crippen LogP contribution in [-0.4, -0.2) is 48.8 Å². The van der Waals surface area contributed by atoms with Gasteiger partial charge in [0.2, 0.25) is 0 Å². The van der Waals surface area contributed by atoms with Gasteiger partial charge in [0, 0.05) is 24.6 Å². The van der Waals surface area contributed by atoms with E-state index in [0.717, 1.165) is 43.6 Å². The van der Waals surface area contributed by atoms with Gasteiger partial charge in [0.05, 0.1) is 12.1 Å². The molecule has 0 aromatic heterocycles. The first-order chi connectivity index (χ1) is 17.1. The molecule has 5 rings (SSSR count). The predicted molar refractivity (Wildman–Crippen MR) is 134 cm³/mol. The molecule has 35 heavy (non-hydrogen) atoms. The lowest BCUT2D eigenvalue weighted by atomic mass is 9.72. The Morgan fingerprint density at radius 3 is 2.43 bits per heavy atom. The molecule has 1 fully saturated rings. The maximum absolute atomic E-state index is 12.9. The molecule has 1 aliphatic carbocycles. The molecule has 0 radical (unpaired) electrons. The zero-order valence-electron chi connectivity index (χ0n) is 20.0. The standard InChI is InChI=1S/C29H32N2O4/c1-34-28-27(30-26(33)20-35-22-10-3-2-4-11-22)23-12-6-7-13-24(23)29(28)15-17-31(18-16-29)19-21-9-5-8-14-25(21)32/h2-14,27-28,32H,15-20H2,1H3,(H,30,33)/t27-,28+/m1/s1. The van der Waals surface area contributed by atoms with Crippen LogP contribution in [0.25, 0.3) is 0 Å². The van der Waals surface area contributed by atoms with Crippen molar-refractivity contribution in [3.63, 3.8) is 0 Å². The number of methoxy groups -OCH3 is 1. The summed E-state index contributed by atoms with van der Waals surface area (Å²) in [5.41, 5.74) is 3.17. The van der Waals surface area contributed by atoms with Crippen molar-refractivity contribution < 1.29 is 19.4 Å². The van der Waals surface area contributed by atoms with E-state index in [1.54, 1.807) is 13.2 Å². The lowest BCUT2D eigenvalue weighted by Crippen LogP contribution is -2.50. The summed E-state index contributed by atoms with van der Waals surface area (Å²) in [7, 11) is 1.74. The van der Waals surface area contributed by atoms with Gasteiger partial charge in [0.1, 0.15) is 11.5 Å². The van der Waals surface area contributed by atoms with Crippen molar-refractivity contribution in [2.75, 3.05) is 26.8 Å². The van der Waals surface area contributed by atoms with Crippen LogP contribution in [-0.2, 0) is 21.5 Å². The topological polar surface area (TPSA) is 71.0 Å². The zero-order valence-corrected chi connectivity index (χ0v) is 20.0. The summed E-state index contributed by atoms with van der Waals surface area (Å²) >= 11 is 0. The average Bonchev–Trinajstić information content (AvgIpc) is 3.14. The normalized spacial score (nSPS) is 20.9. The van der Waals surface area contributed by atoms with Crippen LogP contribution < -0.4 is 10.1 Å². The van der Waals surface area contributed by atoms with Gasteiger partial charge in [-0.25, -0.2) is 0 Å². The van der Waals surface area contributed by atoms with Crippen LogP contribution in [0.15, 0.2) is 78.9 Å². The molecule has 1 heterocycles. The Morgan fingerprint density at radius 1 is 1.00 bits per heavy atom. The van der Waals surface area contributed by atoms with Gasteiger partial charge in [-0.05, 0) is 55.3 Å². The van der Waals surface area contributed by atoms with Crippen molar-refractivity contribution >= 4 is 5.91 Å². The smallest absolute Gasteiger partial charge is 0.258 e. The van der Waals surface area contributed by atoms with E-state index in [1.165, 1.54) is 5.56 Å². The second-order valence-corrected chi connectivity index (χ2v) is 9.45. The highest BCUT2D eigenvalue weighted by molar-refractivity contribution is 5.78. The number of benzene rings is 3. The fourth-order valence-electron chi connectivity index (χ4n) is 5.80. The molecule has 6 heteroatoms. The number of nitrogens with one attached hydrogen (secondary N) is 1. The number of amides is 1. The largest absolute Gasteiger partial charge is 0.508 e. The van der Waals surface area contributed by atoms with E-state index in [9.17, 15) is 9.90 Å². The fraction of sp³-hybridized carbons (Fsp3) is 0.345. The molecule has 2 aliphatic rings. The second kappa shape index (κ2) is 10.1. The third-order valence-electron chi connectivity index (χ3n) is 7.50. The van der Waals surface area contributed by atoms with Gasteiger partial charge in [-0.2, -0.15) is 0 Å². The molecule has 1 spiro atoms. The summed E-state index contributed by atoms with van der Waals surface area (Å²) in [6, 6.07) is 25.1. The summed E-state index contributed by atoms with van der Waals surface area (Å²) in [6.07, 6.45) is 1.68. The van der Waals surface area contributed by atoms with Crippen LogP contribution in [0.1, 0.15) is 35.6 Å². The minimum absolute atomic E-state index is 0.0412. The van der Waals surface area contributed by atoms with Gasteiger partial charge in [0.15, 0.2) is 6.61 Å². The summed E-state index contributed by atoms with van der Waals surface area (Å²) < 4.78 is 11.8. The number of para-hydroxylation sites is 2. The molecule has 1 amide bonds. The van der Waals surface area contributed by atoms with E-state index in [-0.39, 0.29) is 30.1 Å². The summed E-state index contributed by atoms with van der Waals surface area (Å²) in [6.45, 7) is 2.46. The van der Waals surface area contributed by atoms with Crippen molar-refractivity contribution in [3.8, 4) is 11.5 Å². The third kappa shape index (κ3) is 4.64. The zero-order chi connectivity index (χ0) is 24.3. The van der Waals surface area contributed by atoms with Crippen molar-refractivity contribution in [3.05, 3.63) is 95.6 Å². The second-order valence-electron chi connectivity index (χ2n) is 9.45. The summed E-state index contributed by atoms with van der Waals surface area (Å²) in [5, 5.41) is 13.4. The lowest BCUT2D eigenvalue weighted by Gasteiger charge is -2.44. The third-order valence-corrected chi connectivity index (χ3v) is 7.50. The number of aromatic hydroxyl groups is 1. The number of hydrogen-bond acceptors (Lipinski definition) is 5. The highest BCUT2D eigenvalue weighted by atomic mass is 16.5. The minimum Gasteiger partial charge on any atom is -0.508 e. The summed E-state index contributed by atoms with van der Waals surface area (Å²) in [4.78, 5) is 15.3. The Balaban J connectivity index is 1.31. The van der Waals surface area contributed by atoms with Gasteiger partial charge < -0.3 is 19.9 Å². The van der Waals surface area contributed by atoms with Crippen molar-refractivity contribution in [2.24, 2.45) is 0 Å². The van der Waals surface area contributed by atoms with E-state index in [4.69, 9.17) is 9.47 Å². The first kappa shape index (κ1) is 23.4. The number of likely N-dealkylation sites (tertiary alicyclic amines) is 1. The van der Waals surface area contributed by atoms with Crippen LogP contribution in [0.2, 0.25) is 0 Å². The molecule has 0 bridgehead atoms. The maximum Gasteiger partial charge on any atom is 0.258 e. The predicted octanol–water partition coefficient (Wildman–Crippen LogP) is 4.19. The summed E-state index contributed by atoms with van der Waals surface area (Å²) in [5.74, 6) is 0.852. The number of ether oxygens (including phenoxy) is 2. The monoisotopic (exact) mass is 472 g/mol. The van der Waals surface area contributed by atoms with E-state index in [1.807, 2.05) is 54.6 Å². The van der Waals surface area contributed by atoms with E-state index in [0.29, 0.717) is 11.5 Å². The van der Waals surface area contributed by atoms with Crippen LogP contribution in [0.4, 0.5) is 0 Å². The quantitative estimate of drug-likeness (QED) is 0.540. The molecule has 6 nitrogen and oxygen atoms in total. The highest BCUT2D eigenvalue weighted by Crippen LogP contribution is 2.52. The fourth-order valence-corrected chi connectivity index (χ4v) is 5.80. The number of hydrogen-bond donors (Lipinski definition) is 2. The number of carbonyl (C=O) groups excluding carboxylic acids is 1. The van der Waals surface area contributed by atoms with Crippen LogP contribution in [0, 0.1) is 0 Å². The van der Waals surface area contributed by atoms with E-state index in [2.05, 4.69) is 28.4 Å². The van der Waals surface area contributed by atoms with Gasteiger partial charge >= 0.3 is 0 Å². The molecule has 2 N–H and O–H groups in total. The number of carbonyl (C=O) groups is 1. The molecule has 0 unspecified atom stereocenters. The number of rotatable bonds is 7. The average molecular weight is 473 g/mol. The Bertz CT molecular complexity index is 1160. The van der Waals surface area contributed by atoms with Gasteiger partial charge in [-0.3, -0.25) is 9.69 Å². The number of nitrogens with zero attached hydrogens (tertiary/aromatic N) is 1. The lowest BCUT2D eigenvalue weighted by molar-refractivity contribution is -0.125. The van der Waals surface area contributed by atoms with E-state index < -0.39 is 0 Å². The van der Waals surface area contributed by atoms with Crippen molar-refractivity contribution in [2.45, 2.75) is 36.9 Å². The SMILES string of the molecule is CO[C@H]1[C@H](NC(=O)COc2ccccc2)c2ccccc2C12CCN(Cc1ccccc1O)CC2. The first-order valence-corrected chi connectivity index (χ1v) is 12.2. The number of phenols is 1. The van der Waals surface area contributed by atoms with Gasteiger partial charge in [-0.15, -0.1) is 0 Å². The van der Waals surface area contributed by atoms with Gasteiger partial charge in [0.25, 0.3) is 5.91 Å². The minimum atomic E-state index is -0.229. The number of piperidine rings is 1. The molecule has 1 aliphatic heterocycles. The number of fused-ring (bicyclic) bond motifs is 2. The molecule has 2 atom stereocenters. The molecular weight excluding hydrogens is 440 g/mol.